The van der Waals surface area contributed by atoms with Gasteiger partial charge >= 0.3 is 0 Å². The molecule has 7 nitrogen and oxygen atoms in total. The van der Waals surface area contributed by atoms with E-state index in [1.54, 1.807) is 4.90 Å². The van der Waals surface area contributed by atoms with Crippen molar-refractivity contribution in [3.63, 3.8) is 0 Å². The number of rotatable bonds is 6. The van der Waals surface area contributed by atoms with Crippen LogP contribution in [0.15, 0.2) is 23.3 Å². The van der Waals surface area contributed by atoms with E-state index in [0.29, 0.717) is 42.1 Å². The molecule has 2 aliphatic rings. The van der Waals surface area contributed by atoms with Gasteiger partial charge in [-0.15, -0.1) is 0 Å². The molecule has 0 atom stereocenters. The normalized spacial score (nSPS) is 16.6. The Bertz CT molecular complexity index is 879. The van der Waals surface area contributed by atoms with E-state index in [9.17, 15) is 18.8 Å². The van der Waals surface area contributed by atoms with Gasteiger partial charge in [-0.05, 0) is 44.1 Å². The van der Waals surface area contributed by atoms with Crippen molar-refractivity contribution in [1.29, 1.82) is 0 Å². The van der Waals surface area contributed by atoms with Crippen molar-refractivity contribution in [2.45, 2.75) is 46.0 Å². The minimum absolute atomic E-state index is 0.0662. The minimum atomic E-state index is -0.674. The third-order valence-electron chi connectivity index (χ3n) is 5.21. The minimum Gasteiger partial charge on any atom is -0.481 e. The fourth-order valence-electron chi connectivity index (χ4n) is 3.58. The van der Waals surface area contributed by atoms with Crippen LogP contribution in [0.2, 0.25) is 0 Å². The van der Waals surface area contributed by atoms with E-state index in [0.717, 1.165) is 19.3 Å². The third kappa shape index (κ3) is 4.58. The van der Waals surface area contributed by atoms with Crippen LogP contribution in [-0.2, 0) is 14.4 Å². The standard InChI is InChI=1S/C21H26FN3O4/c1-12(2)7-8-25-17-10-16(15(22)9-18(17)29-11-19(25)26)24-21(28)14-6-4-3-5-13(14)20(23)27/h9-10,12H,3-8,11H2,1-2H3,(H2,23,27)(H,24,28). The second-order valence-corrected chi connectivity index (χ2v) is 7.80. The predicted octanol–water partition coefficient (Wildman–Crippen LogP) is 2.89. The number of nitrogens with one attached hydrogen (secondary N) is 1. The molecule has 0 unspecified atom stereocenters. The number of primary amides is 1. The molecule has 29 heavy (non-hydrogen) atoms. The van der Waals surface area contributed by atoms with Crippen molar-refractivity contribution in [1.82, 2.24) is 0 Å². The van der Waals surface area contributed by atoms with Gasteiger partial charge in [0.15, 0.2) is 12.4 Å². The van der Waals surface area contributed by atoms with Gasteiger partial charge in [-0.1, -0.05) is 13.8 Å². The van der Waals surface area contributed by atoms with Gasteiger partial charge in [-0.25, -0.2) is 4.39 Å². The summed E-state index contributed by atoms with van der Waals surface area (Å²) in [5.41, 5.74) is 6.34. The largest absolute Gasteiger partial charge is 0.481 e. The van der Waals surface area contributed by atoms with Crippen LogP contribution in [0.3, 0.4) is 0 Å². The van der Waals surface area contributed by atoms with Crippen LogP contribution in [0.25, 0.3) is 0 Å². The first-order valence-corrected chi connectivity index (χ1v) is 9.87. The Kier molecular flexibility index (Phi) is 6.20. The Balaban J connectivity index is 1.90. The lowest BCUT2D eigenvalue weighted by atomic mass is 9.90. The van der Waals surface area contributed by atoms with E-state index in [1.807, 2.05) is 0 Å². The molecule has 3 N–H and O–H groups in total. The molecule has 0 bridgehead atoms. The highest BCUT2D eigenvalue weighted by Crippen LogP contribution is 2.37. The monoisotopic (exact) mass is 403 g/mol. The Labute approximate surface area is 169 Å². The first kappa shape index (κ1) is 20.8. The van der Waals surface area contributed by atoms with Gasteiger partial charge in [-0.2, -0.15) is 0 Å². The SMILES string of the molecule is CC(C)CCN1C(=O)COc2cc(F)c(NC(=O)C3=C(C(N)=O)CCCC3)cc21. The Morgan fingerprint density at radius 1 is 1.24 bits per heavy atom. The molecule has 0 saturated heterocycles. The highest BCUT2D eigenvalue weighted by Gasteiger charge is 2.28. The Hall–Kier alpha value is -2.90. The summed E-state index contributed by atoms with van der Waals surface area (Å²) in [4.78, 5) is 38.2. The molecule has 8 heteroatoms. The number of carbonyl (C=O) groups excluding carboxylic acids is 3. The van der Waals surface area contributed by atoms with Crippen molar-refractivity contribution in [3.05, 3.63) is 29.1 Å². The maximum absolute atomic E-state index is 14.6. The summed E-state index contributed by atoms with van der Waals surface area (Å²) >= 11 is 0. The van der Waals surface area contributed by atoms with Gasteiger partial charge in [0.25, 0.3) is 11.8 Å². The lowest BCUT2D eigenvalue weighted by Crippen LogP contribution is -2.40. The summed E-state index contributed by atoms with van der Waals surface area (Å²) in [6, 6.07) is 2.58. The maximum Gasteiger partial charge on any atom is 0.265 e. The zero-order chi connectivity index (χ0) is 21.1. The number of ether oxygens (including phenoxy) is 1. The molecule has 1 aromatic carbocycles. The number of carbonyl (C=O) groups is 3. The Morgan fingerprint density at radius 2 is 1.93 bits per heavy atom. The van der Waals surface area contributed by atoms with Crippen LogP contribution in [-0.4, -0.2) is 30.9 Å². The van der Waals surface area contributed by atoms with Crippen molar-refractivity contribution in [2.75, 3.05) is 23.4 Å². The molecular weight excluding hydrogens is 377 g/mol. The van der Waals surface area contributed by atoms with Gasteiger partial charge in [0.05, 0.1) is 11.4 Å². The zero-order valence-corrected chi connectivity index (χ0v) is 16.7. The fraction of sp³-hybridized carbons (Fsp3) is 0.476. The first-order chi connectivity index (χ1) is 13.8. The van der Waals surface area contributed by atoms with Crippen LogP contribution in [0.5, 0.6) is 5.75 Å². The second-order valence-electron chi connectivity index (χ2n) is 7.80. The molecule has 156 valence electrons. The van der Waals surface area contributed by atoms with Crippen molar-refractivity contribution in [2.24, 2.45) is 11.7 Å². The van der Waals surface area contributed by atoms with Gasteiger partial charge in [0, 0.05) is 23.8 Å². The van der Waals surface area contributed by atoms with E-state index in [2.05, 4.69) is 19.2 Å². The van der Waals surface area contributed by atoms with Crippen molar-refractivity contribution in [3.8, 4) is 5.75 Å². The molecule has 0 saturated carbocycles. The molecule has 1 aliphatic heterocycles. The average molecular weight is 403 g/mol. The van der Waals surface area contributed by atoms with Gasteiger partial charge in [0.1, 0.15) is 5.75 Å². The molecule has 0 radical (unpaired) electrons. The number of hydrogen-bond acceptors (Lipinski definition) is 4. The highest BCUT2D eigenvalue weighted by molar-refractivity contribution is 6.10. The third-order valence-corrected chi connectivity index (χ3v) is 5.21. The second kappa shape index (κ2) is 8.63. The van der Waals surface area contributed by atoms with E-state index in [4.69, 9.17) is 10.5 Å². The maximum atomic E-state index is 14.6. The molecule has 0 aromatic heterocycles. The van der Waals surface area contributed by atoms with Gasteiger partial charge in [-0.3, -0.25) is 14.4 Å². The van der Waals surface area contributed by atoms with E-state index in [1.165, 1.54) is 12.1 Å². The summed E-state index contributed by atoms with van der Waals surface area (Å²) in [5, 5.41) is 2.54. The molecule has 0 fully saturated rings. The summed E-state index contributed by atoms with van der Waals surface area (Å²) in [6.07, 6.45) is 3.18. The van der Waals surface area contributed by atoms with Crippen LogP contribution >= 0.6 is 0 Å². The summed E-state index contributed by atoms with van der Waals surface area (Å²) in [5.74, 6) is -1.41. The highest BCUT2D eigenvalue weighted by atomic mass is 19.1. The topological polar surface area (TPSA) is 102 Å². The number of anilines is 2. The van der Waals surface area contributed by atoms with E-state index >= 15 is 0 Å². The number of amides is 3. The number of benzene rings is 1. The van der Waals surface area contributed by atoms with Crippen molar-refractivity contribution < 1.29 is 23.5 Å². The predicted molar refractivity (Wildman–Crippen MR) is 107 cm³/mol. The van der Waals surface area contributed by atoms with Gasteiger partial charge in [0.2, 0.25) is 5.91 Å². The number of fused-ring (bicyclic) bond motifs is 1. The quantitative estimate of drug-likeness (QED) is 0.762. The van der Waals surface area contributed by atoms with Crippen LogP contribution < -0.4 is 20.7 Å². The molecule has 3 amide bonds. The number of nitrogens with two attached hydrogens (primary N) is 1. The van der Waals surface area contributed by atoms with Gasteiger partial charge < -0.3 is 20.7 Å². The molecule has 1 aliphatic carbocycles. The summed E-state index contributed by atoms with van der Waals surface area (Å²) in [6.45, 7) is 4.43. The average Bonchev–Trinajstić information content (AvgIpc) is 2.68. The molecule has 1 heterocycles. The molecule has 3 rings (SSSR count). The number of hydrogen-bond donors (Lipinski definition) is 2. The zero-order valence-electron chi connectivity index (χ0n) is 16.7. The molecular formula is C21H26FN3O4. The van der Waals surface area contributed by atoms with E-state index in [-0.39, 0.29) is 24.0 Å². The van der Waals surface area contributed by atoms with Crippen LogP contribution in [0.1, 0.15) is 46.0 Å². The summed E-state index contributed by atoms with van der Waals surface area (Å²) < 4.78 is 20.0. The molecule has 0 spiro atoms. The summed E-state index contributed by atoms with van der Waals surface area (Å²) in [7, 11) is 0. The number of nitrogens with zero attached hydrogens (tertiary/aromatic N) is 1. The van der Waals surface area contributed by atoms with Crippen LogP contribution in [0, 0.1) is 11.7 Å². The lowest BCUT2D eigenvalue weighted by Gasteiger charge is -2.30. The van der Waals surface area contributed by atoms with Crippen molar-refractivity contribution >= 4 is 29.1 Å². The lowest BCUT2D eigenvalue weighted by molar-refractivity contribution is -0.121. The molecule has 1 aromatic rings. The van der Waals surface area contributed by atoms with Crippen LogP contribution in [0.4, 0.5) is 15.8 Å². The fourth-order valence-corrected chi connectivity index (χ4v) is 3.58. The van der Waals surface area contributed by atoms with E-state index < -0.39 is 17.6 Å². The number of halogens is 1. The smallest absolute Gasteiger partial charge is 0.265 e. The first-order valence-electron chi connectivity index (χ1n) is 9.87. The Morgan fingerprint density at radius 3 is 2.59 bits per heavy atom.